The first kappa shape index (κ1) is 13.4. The number of benzene rings is 1. The van der Waals surface area contributed by atoms with Crippen molar-refractivity contribution in [1.29, 1.82) is 0 Å². The fourth-order valence-electron chi connectivity index (χ4n) is 1.24. The Morgan fingerprint density at radius 2 is 2.06 bits per heavy atom. The van der Waals surface area contributed by atoms with Crippen LogP contribution in [-0.2, 0) is 10.0 Å². The van der Waals surface area contributed by atoms with Crippen molar-refractivity contribution in [2.45, 2.75) is 24.3 Å². The van der Waals surface area contributed by atoms with E-state index in [1.165, 1.54) is 6.07 Å². The predicted octanol–water partition coefficient (Wildman–Crippen LogP) is 1.36. The Balaban J connectivity index is 2.99. The van der Waals surface area contributed by atoms with Crippen molar-refractivity contribution < 1.29 is 8.42 Å². The van der Waals surface area contributed by atoms with Crippen molar-refractivity contribution in [1.82, 2.24) is 4.72 Å². The molecular weight excluding hydrogens is 248 g/mol. The van der Waals surface area contributed by atoms with Gasteiger partial charge in [-0.15, -0.1) is 0 Å². The van der Waals surface area contributed by atoms with Crippen molar-refractivity contribution in [3.63, 3.8) is 0 Å². The number of hydrogen-bond acceptors (Lipinski definition) is 3. The number of hydrogen-bond donors (Lipinski definition) is 2. The molecule has 0 radical (unpaired) electrons. The van der Waals surface area contributed by atoms with Crippen molar-refractivity contribution in [3.8, 4) is 0 Å². The lowest BCUT2D eigenvalue weighted by atomic mass is 10.2. The standard InChI is InChI=1S/C10H15ClN2O2S/c1-2-8(7-12)13-16(14,15)10-6-4-3-5-9(10)11/h3-6,8,13H,2,7,12H2,1H3. The first-order valence-electron chi connectivity index (χ1n) is 4.98. The zero-order valence-electron chi connectivity index (χ0n) is 8.98. The molecular formula is C10H15ClN2O2S. The normalized spacial score (nSPS) is 13.7. The summed E-state index contributed by atoms with van der Waals surface area (Å²) in [6, 6.07) is 6.06. The molecule has 0 bridgehead atoms. The third-order valence-electron chi connectivity index (χ3n) is 2.23. The van der Waals surface area contributed by atoms with Gasteiger partial charge >= 0.3 is 0 Å². The Hall–Kier alpha value is -0.620. The zero-order chi connectivity index (χ0) is 12.2. The Morgan fingerprint density at radius 1 is 1.44 bits per heavy atom. The summed E-state index contributed by atoms with van der Waals surface area (Å²) < 4.78 is 26.4. The molecule has 1 rings (SSSR count). The summed E-state index contributed by atoms with van der Waals surface area (Å²) in [7, 11) is -3.58. The summed E-state index contributed by atoms with van der Waals surface area (Å²) in [5.41, 5.74) is 5.45. The van der Waals surface area contributed by atoms with Crippen molar-refractivity contribution in [2.24, 2.45) is 5.73 Å². The molecule has 0 aliphatic heterocycles. The van der Waals surface area contributed by atoms with E-state index in [2.05, 4.69) is 4.72 Å². The van der Waals surface area contributed by atoms with Gasteiger partial charge in [0.2, 0.25) is 10.0 Å². The molecule has 0 aliphatic rings. The van der Waals surface area contributed by atoms with E-state index in [0.29, 0.717) is 6.42 Å². The van der Waals surface area contributed by atoms with Crippen LogP contribution in [0.4, 0.5) is 0 Å². The van der Waals surface area contributed by atoms with Crippen LogP contribution in [0, 0.1) is 0 Å². The molecule has 16 heavy (non-hydrogen) atoms. The van der Waals surface area contributed by atoms with Gasteiger partial charge in [0, 0.05) is 12.6 Å². The maximum Gasteiger partial charge on any atom is 0.242 e. The lowest BCUT2D eigenvalue weighted by Gasteiger charge is -2.15. The van der Waals surface area contributed by atoms with Crippen LogP contribution in [0.15, 0.2) is 29.2 Å². The monoisotopic (exact) mass is 262 g/mol. The highest BCUT2D eigenvalue weighted by molar-refractivity contribution is 7.89. The second kappa shape index (κ2) is 5.63. The van der Waals surface area contributed by atoms with E-state index < -0.39 is 10.0 Å². The lowest BCUT2D eigenvalue weighted by Crippen LogP contribution is -2.39. The molecule has 1 aromatic carbocycles. The average molecular weight is 263 g/mol. The summed E-state index contributed by atoms with van der Waals surface area (Å²) in [6.45, 7) is 2.13. The van der Waals surface area contributed by atoms with E-state index in [-0.39, 0.29) is 22.5 Å². The third kappa shape index (κ3) is 3.18. The SMILES string of the molecule is CCC(CN)NS(=O)(=O)c1ccccc1Cl. The minimum absolute atomic E-state index is 0.0866. The first-order valence-corrected chi connectivity index (χ1v) is 6.84. The Labute approximate surface area is 101 Å². The molecule has 1 atom stereocenters. The van der Waals surface area contributed by atoms with Crippen LogP contribution < -0.4 is 10.5 Å². The number of nitrogens with two attached hydrogens (primary N) is 1. The van der Waals surface area contributed by atoms with Gasteiger partial charge < -0.3 is 5.73 Å². The summed E-state index contributed by atoms with van der Waals surface area (Å²) in [5.74, 6) is 0. The minimum atomic E-state index is -3.58. The summed E-state index contributed by atoms with van der Waals surface area (Å²) in [5, 5.41) is 0.210. The number of rotatable bonds is 5. The van der Waals surface area contributed by atoms with Crippen LogP contribution in [0.5, 0.6) is 0 Å². The number of halogens is 1. The van der Waals surface area contributed by atoms with Crippen LogP contribution in [-0.4, -0.2) is 21.0 Å². The topological polar surface area (TPSA) is 72.2 Å². The van der Waals surface area contributed by atoms with Crippen molar-refractivity contribution in [2.75, 3.05) is 6.54 Å². The molecule has 1 aromatic rings. The number of nitrogens with one attached hydrogen (secondary N) is 1. The first-order chi connectivity index (χ1) is 7.51. The third-order valence-corrected chi connectivity index (χ3v) is 4.25. The molecule has 0 aliphatic carbocycles. The summed E-state index contributed by atoms with van der Waals surface area (Å²) >= 11 is 5.83. The van der Waals surface area contributed by atoms with Gasteiger partial charge in [0.15, 0.2) is 0 Å². The highest BCUT2D eigenvalue weighted by Crippen LogP contribution is 2.20. The van der Waals surface area contributed by atoms with E-state index in [1.54, 1.807) is 18.2 Å². The van der Waals surface area contributed by atoms with Crippen LogP contribution in [0.25, 0.3) is 0 Å². The average Bonchev–Trinajstić information content (AvgIpc) is 2.26. The highest BCUT2D eigenvalue weighted by Gasteiger charge is 2.20. The number of sulfonamides is 1. The van der Waals surface area contributed by atoms with Crippen LogP contribution >= 0.6 is 11.6 Å². The van der Waals surface area contributed by atoms with E-state index in [1.807, 2.05) is 6.92 Å². The van der Waals surface area contributed by atoms with E-state index >= 15 is 0 Å². The molecule has 4 nitrogen and oxygen atoms in total. The molecule has 90 valence electrons. The lowest BCUT2D eigenvalue weighted by molar-refractivity contribution is 0.542. The largest absolute Gasteiger partial charge is 0.329 e. The summed E-state index contributed by atoms with van der Waals surface area (Å²) in [6.07, 6.45) is 0.639. The Bertz CT molecular complexity index is 444. The zero-order valence-corrected chi connectivity index (χ0v) is 10.6. The van der Waals surface area contributed by atoms with Gasteiger partial charge in [-0.3, -0.25) is 0 Å². The van der Waals surface area contributed by atoms with Gasteiger partial charge in [-0.1, -0.05) is 30.7 Å². The minimum Gasteiger partial charge on any atom is -0.329 e. The summed E-state index contributed by atoms with van der Waals surface area (Å²) in [4.78, 5) is 0.0866. The van der Waals surface area contributed by atoms with E-state index in [9.17, 15) is 8.42 Å². The van der Waals surface area contributed by atoms with Gasteiger partial charge in [-0.25, -0.2) is 13.1 Å². The Kier molecular flexibility index (Phi) is 4.73. The highest BCUT2D eigenvalue weighted by atomic mass is 35.5. The fourth-order valence-corrected chi connectivity index (χ4v) is 3.10. The van der Waals surface area contributed by atoms with Gasteiger partial charge in [0.05, 0.1) is 5.02 Å². The van der Waals surface area contributed by atoms with E-state index in [4.69, 9.17) is 17.3 Å². The van der Waals surface area contributed by atoms with Crippen LogP contribution in [0.2, 0.25) is 5.02 Å². The maximum atomic E-state index is 11.9. The second-order valence-electron chi connectivity index (χ2n) is 3.39. The smallest absolute Gasteiger partial charge is 0.242 e. The van der Waals surface area contributed by atoms with Crippen LogP contribution in [0.1, 0.15) is 13.3 Å². The second-order valence-corrected chi connectivity index (χ2v) is 5.48. The molecule has 3 N–H and O–H groups in total. The molecule has 0 saturated carbocycles. The molecule has 6 heteroatoms. The van der Waals surface area contributed by atoms with Gasteiger partial charge in [-0.2, -0.15) is 0 Å². The molecule has 0 saturated heterocycles. The predicted molar refractivity (Wildman–Crippen MR) is 64.9 cm³/mol. The van der Waals surface area contributed by atoms with Gasteiger partial charge in [-0.05, 0) is 18.6 Å². The van der Waals surface area contributed by atoms with Crippen molar-refractivity contribution in [3.05, 3.63) is 29.3 Å². The molecule has 0 aromatic heterocycles. The molecule has 0 fully saturated rings. The molecule has 1 unspecified atom stereocenters. The van der Waals surface area contributed by atoms with E-state index in [0.717, 1.165) is 0 Å². The van der Waals surface area contributed by atoms with Gasteiger partial charge in [0.1, 0.15) is 4.90 Å². The maximum absolute atomic E-state index is 11.9. The Morgan fingerprint density at radius 3 is 2.56 bits per heavy atom. The molecule has 0 spiro atoms. The molecule has 0 amide bonds. The fraction of sp³-hybridized carbons (Fsp3) is 0.400. The van der Waals surface area contributed by atoms with Crippen LogP contribution in [0.3, 0.4) is 0 Å². The van der Waals surface area contributed by atoms with Gasteiger partial charge in [0.25, 0.3) is 0 Å². The van der Waals surface area contributed by atoms with Crippen molar-refractivity contribution >= 4 is 21.6 Å². The molecule has 0 heterocycles. The quantitative estimate of drug-likeness (QED) is 0.842.